The second-order valence-corrected chi connectivity index (χ2v) is 5.31. The highest BCUT2D eigenvalue weighted by Crippen LogP contribution is 2.28. The zero-order valence-electron chi connectivity index (χ0n) is 9.32. The Hall–Kier alpha value is -0.830. The van der Waals surface area contributed by atoms with E-state index in [1.165, 1.54) is 0 Å². The van der Waals surface area contributed by atoms with Gasteiger partial charge in [-0.2, -0.15) is 0 Å². The van der Waals surface area contributed by atoms with Crippen LogP contribution in [-0.4, -0.2) is 5.11 Å². The number of benzene rings is 2. The van der Waals surface area contributed by atoms with Crippen molar-refractivity contribution in [3.05, 3.63) is 68.7 Å². The molecule has 0 bridgehead atoms. The van der Waals surface area contributed by atoms with Gasteiger partial charge < -0.3 is 5.11 Å². The Morgan fingerprint density at radius 2 is 1.94 bits per heavy atom. The Kier molecular flexibility index (Phi) is 3.87. The van der Waals surface area contributed by atoms with E-state index in [1.807, 2.05) is 49.4 Å². The van der Waals surface area contributed by atoms with Crippen LogP contribution in [-0.2, 0) is 0 Å². The van der Waals surface area contributed by atoms with Crippen molar-refractivity contribution in [3.8, 4) is 0 Å². The molecular formula is C14H12BrClO. The lowest BCUT2D eigenvalue weighted by atomic mass is 9.98. The van der Waals surface area contributed by atoms with Crippen molar-refractivity contribution in [2.75, 3.05) is 0 Å². The van der Waals surface area contributed by atoms with E-state index in [4.69, 9.17) is 11.6 Å². The molecule has 3 heteroatoms. The van der Waals surface area contributed by atoms with Crippen LogP contribution in [0.15, 0.2) is 46.9 Å². The molecule has 1 atom stereocenters. The zero-order valence-corrected chi connectivity index (χ0v) is 11.7. The first-order valence-electron chi connectivity index (χ1n) is 5.27. The SMILES string of the molecule is Cc1ccc(Cl)cc1[C@H](O)c1cccc(Br)c1. The average molecular weight is 312 g/mol. The summed E-state index contributed by atoms with van der Waals surface area (Å²) in [7, 11) is 0. The van der Waals surface area contributed by atoms with Crippen LogP contribution in [0, 0.1) is 6.92 Å². The maximum absolute atomic E-state index is 10.3. The van der Waals surface area contributed by atoms with Crippen molar-refractivity contribution in [2.24, 2.45) is 0 Å². The topological polar surface area (TPSA) is 20.2 Å². The van der Waals surface area contributed by atoms with Crippen LogP contribution in [0.4, 0.5) is 0 Å². The van der Waals surface area contributed by atoms with E-state index < -0.39 is 6.10 Å². The molecule has 0 fully saturated rings. The molecule has 0 aliphatic heterocycles. The van der Waals surface area contributed by atoms with Gasteiger partial charge in [0.15, 0.2) is 0 Å². The molecule has 88 valence electrons. The second-order valence-electron chi connectivity index (χ2n) is 3.96. The lowest BCUT2D eigenvalue weighted by Gasteiger charge is -2.14. The van der Waals surface area contributed by atoms with E-state index in [1.54, 1.807) is 0 Å². The Morgan fingerprint density at radius 3 is 2.65 bits per heavy atom. The summed E-state index contributed by atoms with van der Waals surface area (Å²) in [6.45, 7) is 1.97. The number of rotatable bonds is 2. The second kappa shape index (κ2) is 5.21. The van der Waals surface area contributed by atoms with E-state index in [2.05, 4.69) is 15.9 Å². The summed E-state index contributed by atoms with van der Waals surface area (Å²) < 4.78 is 0.953. The summed E-state index contributed by atoms with van der Waals surface area (Å²) in [5, 5.41) is 11.0. The van der Waals surface area contributed by atoms with Crippen molar-refractivity contribution < 1.29 is 5.11 Å². The van der Waals surface area contributed by atoms with Crippen molar-refractivity contribution in [1.29, 1.82) is 0 Å². The normalized spacial score (nSPS) is 12.5. The molecule has 0 aromatic heterocycles. The van der Waals surface area contributed by atoms with E-state index in [0.717, 1.165) is 21.2 Å². The fourth-order valence-electron chi connectivity index (χ4n) is 1.76. The van der Waals surface area contributed by atoms with Gasteiger partial charge >= 0.3 is 0 Å². The summed E-state index contributed by atoms with van der Waals surface area (Å²) >= 11 is 9.36. The van der Waals surface area contributed by atoms with Crippen molar-refractivity contribution in [2.45, 2.75) is 13.0 Å². The predicted octanol–water partition coefficient (Wildman–Crippen LogP) is 4.49. The van der Waals surface area contributed by atoms with Gasteiger partial charge in [0.25, 0.3) is 0 Å². The molecule has 1 N–H and O–H groups in total. The lowest BCUT2D eigenvalue weighted by molar-refractivity contribution is 0.219. The standard InChI is InChI=1S/C14H12BrClO/c1-9-5-6-12(16)8-13(9)14(17)10-3-2-4-11(15)7-10/h2-8,14,17H,1H3/t14-/m1/s1. The largest absolute Gasteiger partial charge is 0.384 e. The predicted molar refractivity (Wildman–Crippen MR) is 74.4 cm³/mol. The molecule has 0 aliphatic rings. The third kappa shape index (κ3) is 2.89. The average Bonchev–Trinajstić information content (AvgIpc) is 2.31. The van der Waals surface area contributed by atoms with Crippen molar-refractivity contribution in [3.63, 3.8) is 0 Å². The first-order valence-corrected chi connectivity index (χ1v) is 6.44. The summed E-state index contributed by atoms with van der Waals surface area (Å²) in [5.41, 5.74) is 2.72. The third-order valence-electron chi connectivity index (χ3n) is 2.70. The molecule has 0 saturated carbocycles. The fourth-order valence-corrected chi connectivity index (χ4v) is 2.36. The highest BCUT2D eigenvalue weighted by atomic mass is 79.9. The molecule has 0 heterocycles. The molecule has 0 spiro atoms. The molecule has 2 aromatic carbocycles. The van der Waals surface area contributed by atoms with Gasteiger partial charge in [0.2, 0.25) is 0 Å². The number of hydrogen-bond acceptors (Lipinski definition) is 1. The minimum absolute atomic E-state index is 0.639. The molecule has 0 aliphatic carbocycles. The van der Waals surface area contributed by atoms with Gasteiger partial charge in [0.05, 0.1) is 0 Å². The number of hydrogen-bond donors (Lipinski definition) is 1. The Labute approximate surface area is 114 Å². The van der Waals surface area contributed by atoms with Crippen LogP contribution in [0.2, 0.25) is 5.02 Å². The Morgan fingerprint density at radius 1 is 1.18 bits per heavy atom. The summed E-state index contributed by atoms with van der Waals surface area (Å²) in [4.78, 5) is 0. The van der Waals surface area contributed by atoms with Crippen LogP contribution in [0.25, 0.3) is 0 Å². The van der Waals surface area contributed by atoms with Crippen molar-refractivity contribution >= 4 is 27.5 Å². The maximum Gasteiger partial charge on any atom is 0.104 e. The molecule has 1 nitrogen and oxygen atoms in total. The number of aryl methyl sites for hydroxylation is 1. The number of aliphatic hydroxyl groups is 1. The minimum Gasteiger partial charge on any atom is -0.384 e. The molecule has 0 radical (unpaired) electrons. The van der Waals surface area contributed by atoms with Gasteiger partial charge in [-0.15, -0.1) is 0 Å². The molecular weight excluding hydrogens is 300 g/mol. The molecule has 2 aromatic rings. The highest BCUT2D eigenvalue weighted by Gasteiger charge is 2.13. The van der Waals surface area contributed by atoms with Crippen LogP contribution >= 0.6 is 27.5 Å². The first kappa shape index (κ1) is 12.6. The first-order chi connectivity index (χ1) is 8.08. The van der Waals surface area contributed by atoms with Gasteiger partial charge in [-0.25, -0.2) is 0 Å². The van der Waals surface area contributed by atoms with Gasteiger partial charge in [-0.05, 0) is 47.9 Å². The quantitative estimate of drug-likeness (QED) is 0.866. The van der Waals surface area contributed by atoms with Gasteiger partial charge in [-0.1, -0.05) is 45.7 Å². The zero-order chi connectivity index (χ0) is 12.4. The molecule has 17 heavy (non-hydrogen) atoms. The Bertz CT molecular complexity index is 539. The minimum atomic E-state index is -0.647. The number of halogens is 2. The van der Waals surface area contributed by atoms with Gasteiger partial charge in [0.1, 0.15) is 6.10 Å². The smallest absolute Gasteiger partial charge is 0.104 e. The molecule has 0 saturated heterocycles. The third-order valence-corrected chi connectivity index (χ3v) is 3.43. The fraction of sp³-hybridized carbons (Fsp3) is 0.143. The molecule has 0 unspecified atom stereocenters. The van der Waals surface area contributed by atoms with E-state index >= 15 is 0 Å². The monoisotopic (exact) mass is 310 g/mol. The van der Waals surface area contributed by atoms with Crippen molar-refractivity contribution in [1.82, 2.24) is 0 Å². The van der Waals surface area contributed by atoms with E-state index in [-0.39, 0.29) is 0 Å². The Balaban J connectivity index is 2.43. The lowest BCUT2D eigenvalue weighted by Crippen LogP contribution is -2.01. The van der Waals surface area contributed by atoms with Gasteiger partial charge in [0, 0.05) is 9.50 Å². The molecule has 2 rings (SSSR count). The van der Waals surface area contributed by atoms with E-state index in [9.17, 15) is 5.11 Å². The van der Waals surface area contributed by atoms with E-state index in [0.29, 0.717) is 5.02 Å². The summed E-state index contributed by atoms with van der Waals surface area (Å²) in [6.07, 6.45) is -0.647. The summed E-state index contributed by atoms with van der Waals surface area (Å²) in [6, 6.07) is 13.2. The van der Waals surface area contributed by atoms with Crippen LogP contribution in [0.1, 0.15) is 22.8 Å². The highest BCUT2D eigenvalue weighted by molar-refractivity contribution is 9.10. The number of aliphatic hydroxyl groups excluding tert-OH is 1. The maximum atomic E-state index is 10.3. The van der Waals surface area contributed by atoms with Crippen LogP contribution < -0.4 is 0 Å². The van der Waals surface area contributed by atoms with Crippen LogP contribution in [0.3, 0.4) is 0 Å². The van der Waals surface area contributed by atoms with Gasteiger partial charge in [-0.3, -0.25) is 0 Å². The summed E-state index contributed by atoms with van der Waals surface area (Å²) in [5.74, 6) is 0. The molecule has 0 amide bonds. The van der Waals surface area contributed by atoms with Crippen LogP contribution in [0.5, 0.6) is 0 Å².